The number of fused-ring (bicyclic) bond motifs is 1. The maximum absolute atomic E-state index is 12.9. The van der Waals surface area contributed by atoms with Gasteiger partial charge in [-0.15, -0.1) is 22.7 Å². The van der Waals surface area contributed by atoms with Crippen LogP contribution in [0.3, 0.4) is 0 Å². The summed E-state index contributed by atoms with van der Waals surface area (Å²) < 4.78 is 11.1. The molecule has 0 amide bonds. The third-order valence-electron chi connectivity index (χ3n) is 4.15. The molecule has 0 fully saturated rings. The zero-order valence-corrected chi connectivity index (χ0v) is 16.8. The molecule has 146 valence electrons. The quantitative estimate of drug-likeness (QED) is 0.358. The fourth-order valence-electron chi connectivity index (χ4n) is 2.77. The molecule has 29 heavy (non-hydrogen) atoms. The second-order valence-corrected chi connectivity index (χ2v) is 7.78. The monoisotopic (exact) mass is 426 g/mol. The third-order valence-corrected chi connectivity index (χ3v) is 5.94. The molecule has 0 saturated carbocycles. The van der Waals surface area contributed by atoms with E-state index in [0.29, 0.717) is 15.8 Å². The van der Waals surface area contributed by atoms with E-state index in [2.05, 4.69) is 9.72 Å². The number of esters is 2. The van der Waals surface area contributed by atoms with Crippen molar-refractivity contribution in [3.63, 3.8) is 0 Å². The first-order valence-corrected chi connectivity index (χ1v) is 10.2. The Hall–Kier alpha value is -3.30. The summed E-state index contributed by atoms with van der Waals surface area (Å²) in [5.41, 5.74) is 0.869. The van der Waals surface area contributed by atoms with E-state index in [4.69, 9.17) is 4.74 Å². The SMILES string of the molecule is COC(=O)c1ccc(OC(=O)Cn2cnc3scc(-c4cccs4)c3c2=O)cc1. The van der Waals surface area contributed by atoms with Crippen molar-refractivity contribution in [1.82, 2.24) is 9.55 Å². The maximum Gasteiger partial charge on any atom is 0.337 e. The van der Waals surface area contributed by atoms with Gasteiger partial charge in [0.25, 0.3) is 5.56 Å². The second kappa shape index (κ2) is 7.98. The summed E-state index contributed by atoms with van der Waals surface area (Å²) in [6.07, 6.45) is 1.35. The number of hydrogen-bond donors (Lipinski definition) is 0. The number of hydrogen-bond acceptors (Lipinski definition) is 8. The van der Waals surface area contributed by atoms with Crippen molar-refractivity contribution in [2.24, 2.45) is 0 Å². The normalized spacial score (nSPS) is 10.8. The number of thiophene rings is 2. The molecule has 0 aliphatic rings. The minimum atomic E-state index is -0.619. The first kappa shape index (κ1) is 19.0. The first-order valence-electron chi connectivity index (χ1n) is 8.46. The lowest BCUT2D eigenvalue weighted by Gasteiger charge is -2.07. The van der Waals surface area contributed by atoms with Crippen LogP contribution in [0.4, 0.5) is 0 Å². The molecule has 4 rings (SSSR count). The third kappa shape index (κ3) is 3.82. The molecule has 3 heterocycles. The van der Waals surface area contributed by atoms with Gasteiger partial charge in [0.15, 0.2) is 0 Å². The van der Waals surface area contributed by atoms with E-state index >= 15 is 0 Å². The van der Waals surface area contributed by atoms with Gasteiger partial charge in [-0.05, 0) is 35.7 Å². The lowest BCUT2D eigenvalue weighted by atomic mass is 10.2. The van der Waals surface area contributed by atoms with E-state index in [0.717, 1.165) is 10.4 Å². The fraction of sp³-hybridized carbons (Fsp3) is 0.100. The van der Waals surface area contributed by atoms with Crippen LogP contribution in [0.2, 0.25) is 0 Å². The van der Waals surface area contributed by atoms with E-state index < -0.39 is 11.9 Å². The van der Waals surface area contributed by atoms with E-state index in [1.807, 2.05) is 22.9 Å². The average Bonchev–Trinajstić information content (AvgIpc) is 3.40. The van der Waals surface area contributed by atoms with Gasteiger partial charge < -0.3 is 9.47 Å². The van der Waals surface area contributed by atoms with Crippen LogP contribution >= 0.6 is 22.7 Å². The van der Waals surface area contributed by atoms with E-state index in [9.17, 15) is 14.4 Å². The minimum absolute atomic E-state index is 0.263. The van der Waals surface area contributed by atoms with Crippen LogP contribution in [-0.4, -0.2) is 28.6 Å². The molecule has 0 radical (unpaired) electrons. The van der Waals surface area contributed by atoms with Gasteiger partial charge in [-0.3, -0.25) is 9.36 Å². The van der Waals surface area contributed by atoms with Crippen LogP contribution in [0.1, 0.15) is 10.4 Å². The minimum Gasteiger partial charge on any atom is -0.465 e. The van der Waals surface area contributed by atoms with Crippen molar-refractivity contribution in [1.29, 1.82) is 0 Å². The molecule has 4 aromatic rings. The highest BCUT2D eigenvalue weighted by Gasteiger charge is 2.16. The zero-order valence-electron chi connectivity index (χ0n) is 15.2. The average molecular weight is 426 g/mol. The summed E-state index contributed by atoms with van der Waals surface area (Å²) in [5, 5.41) is 4.34. The molecular weight excluding hydrogens is 412 g/mol. The topological polar surface area (TPSA) is 87.5 Å². The molecule has 1 aromatic carbocycles. The molecule has 0 unspecified atom stereocenters. The summed E-state index contributed by atoms with van der Waals surface area (Å²) in [7, 11) is 1.29. The molecule has 0 atom stereocenters. The Kier molecular flexibility index (Phi) is 5.24. The maximum atomic E-state index is 12.9. The van der Waals surface area contributed by atoms with Gasteiger partial charge in [-0.25, -0.2) is 14.6 Å². The second-order valence-electron chi connectivity index (χ2n) is 5.97. The smallest absolute Gasteiger partial charge is 0.337 e. The number of rotatable bonds is 5. The van der Waals surface area contributed by atoms with Crippen molar-refractivity contribution in [3.8, 4) is 16.2 Å². The predicted molar refractivity (Wildman–Crippen MR) is 111 cm³/mol. The predicted octanol–water partition coefficient (Wildman–Crippen LogP) is 3.58. The molecule has 7 nitrogen and oxygen atoms in total. The largest absolute Gasteiger partial charge is 0.465 e. The van der Waals surface area contributed by atoms with Crippen molar-refractivity contribution in [3.05, 3.63) is 69.4 Å². The van der Waals surface area contributed by atoms with E-state index in [1.165, 1.54) is 64.9 Å². The molecule has 3 aromatic heterocycles. The van der Waals surface area contributed by atoms with Gasteiger partial charge in [0.1, 0.15) is 17.1 Å². The number of nitrogens with zero attached hydrogens (tertiary/aromatic N) is 2. The van der Waals surface area contributed by atoms with Crippen molar-refractivity contribution in [2.75, 3.05) is 7.11 Å². The summed E-state index contributed by atoms with van der Waals surface area (Å²) in [6.45, 7) is -0.278. The van der Waals surface area contributed by atoms with Crippen LogP contribution < -0.4 is 10.3 Å². The number of ether oxygens (including phenoxy) is 2. The summed E-state index contributed by atoms with van der Waals surface area (Å²) in [6, 6.07) is 9.82. The Morgan fingerprint density at radius 2 is 1.93 bits per heavy atom. The number of carbonyl (C=O) groups excluding carboxylic acids is 2. The van der Waals surface area contributed by atoms with Gasteiger partial charge in [-0.1, -0.05) is 6.07 Å². The van der Waals surface area contributed by atoms with Gasteiger partial charge in [0.05, 0.1) is 24.4 Å². The van der Waals surface area contributed by atoms with Crippen LogP contribution in [0.5, 0.6) is 5.75 Å². The molecule has 0 spiro atoms. The standard InChI is InChI=1S/C20H14N2O5S2/c1-26-20(25)12-4-6-13(7-5-12)27-16(23)9-22-11-21-18-17(19(22)24)14(10-29-18)15-3-2-8-28-15/h2-8,10-11H,9H2,1H3. The Morgan fingerprint density at radius 1 is 1.14 bits per heavy atom. The lowest BCUT2D eigenvalue weighted by molar-refractivity contribution is -0.135. The Morgan fingerprint density at radius 3 is 2.62 bits per heavy atom. The molecule has 0 aliphatic heterocycles. The number of benzene rings is 1. The number of aromatic nitrogens is 2. The fourth-order valence-corrected chi connectivity index (χ4v) is 4.49. The Labute approximate surface area is 172 Å². The van der Waals surface area contributed by atoms with Crippen molar-refractivity contribution in [2.45, 2.75) is 6.54 Å². The molecule has 0 aliphatic carbocycles. The van der Waals surface area contributed by atoms with E-state index in [-0.39, 0.29) is 17.9 Å². The van der Waals surface area contributed by atoms with Gasteiger partial charge in [0, 0.05) is 15.8 Å². The van der Waals surface area contributed by atoms with Crippen LogP contribution in [-0.2, 0) is 16.1 Å². The van der Waals surface area contributed by atoms with Crippen LogP contribution in [0, 0.1) is 0 Å². The highest BCUT2D eigenvalue weighted by atomic mass is 32.1. The summed E-state index contributed by atoms with van der Waals surface area (Å²) in [4.78, 5) is 42.6. The van der Waals surface area contributed by atoms with Gasteiger partial charge in [-0.2, -0.15) is 0 Å². The molecule has 0 N–H and O–H groups in total. The number of methoxy groups -OCH3 is 1. The molecule has 0 bridgehead atoms. The van der Waals surface area contributed by atoms with Gasteiger partial charge in [0.2, 0.25) is 0 Å². The summed E-state index contributed by atoms with van der Waals surface area (Å²) >= 11 is 2.93. The highest BCUT2D eigenvalue weighted by Crippen LogP contribution is 2.33. The molecule has 9 heteroatoms. The van der Waals surface area contributed by atoms with Crippen molar-refractivity contribution >= 4 is 44.8 Å². The number of carbonyl (C=O) groups is 2. The molecular formula is C20H14N2O5S2. The van der Waals surface area contributed by atoms with Gasteiger partial charge >= 0.3 is 11.9 Å². The van der Waals surface area contributed by atoms with Crippen LogP contribution in [0.25, 0.3) is 20.7 Å². The van der Waals surface area contributed by atoms with Crippen molar-refractivity contribution < 1.29 is 19.1 Å². The first-order chi connectivity index (χ1) is 14.1. The Bertz CT molecular complexity index is 1240. The molecule has 0 saturated heterocycles. The highest BCUT2D eigenvalue weighted by molar-refractivity contribution is 7.18. The lowest BCUT2D eigenvalue weighted by Crippen LogP contribution is -2.26. The Balaban J connectivity index is 1.55. The summed E-state index contributed by atoms with van der Waals surface area (Å²) in [5.74, 6) is -0.836. The van der Waals surface area contributed by atoms with E-state index in [1.54, 1.807) is 0 Å². The van der Waals surface area contributed by atoms with Crippen LogP contribution in [0.15, 0.2) is 58.3 Å². The zero-order chi connectivity index (χ0) is 20.4.